The van der Waals surface area contributed by atoms with E-state index >= 15 is 0 Å². The normalized spacial score (nSPS) is 14.6. The van der Waals surface area contributed by atoms with Crippen molar-refractivity contribution in [3.05, 3.63) is 44.7 Å². The zero-order valence-corrected chi connectivity index (χ0v) is 13.0. The number of aromatic nitrogens is 1. The Labute approximate surface area is 125 Å². The van der Waals surface area contributed by atoms with Crippen molar-refractivity contribution in [3.8, 4) is 0 Å². The number of nitrogens with two attached hydrogens (primary N) is 1. The van der Waals surface area contributed by atoms with Crippen molar-refractivity contribution >= 4 is 33.1 Å². The van der Waals surface area contributed by atoms with Gasteiger partial charge in [0.05, 0.1) is 6.54 Å². The Kier molecular flexibility index (Phi) is 3.86. The van der Waals surface area contributed by atoms with Crippen LogP contribution in [0.25, 0.3) is 0 Å². The number of hydrogen-bond acceptors (Lipinski definition) is 4. The minimum atomic E-state index is 0.523. The van der Waals surface area contributed by atoms with Crippen LogP contribution in [0.4, 0.5) is 5.82 Å². The topological polar surface area (TPSA) is 42.1 Å². The van der Waals surface area contributed by atoms with Gasteiger partial charge in [-0.2, -0.15) is 0 Å². The molecule has 0 radical (unpaired) electrons. The van der Waals surface area contributed by atoms with E-state index in [9.17, 15) is 0 Å². The van der Waals surface area contributed by atoms with E-state index in [0.29, 0.717) is 12.6 Å². The lowest BCUT2D eigenvalue weighted by molar-refractivity contribution is 0.775. The van der Waals surface area contributed by atoms with Crippen LogP contribution in [-0.2, 0) is 13.1 Å². The average Bonchev–Trinajstić information content (AvgIpc) is 3.13. The van der Waals surface area contributed by atoms with E-state index in [0.717, 1.165) is 22.4 Å². The quantitative estimate of drug-likeness (QED) is 0.907. The molecular formula is C14H16BrN3S. The Bertz CT molecular complexity index is 552. The molecule has 0 spiro atoms. The zero-order valence-electron chi connectivity index (χ0n) is 10.6. The van der Waals surface area contributed by atoms with E-state index in [1.54, 1.807) is 11.3 Å². The maximum atomic E-state index is 5.87. The molecule has 0 bridgehead atoms. The first-order valence-corrected chi connectivity index (χ1v) is 8.08. The molecule has 2 N–H and O–H groups in total. The molecule has 0 amide bonds. The van der Waals surface area contributed by atoms with Crippen molar-refractivity contribution < 1.29 is 0 Å². The fourth-order valence-corrected chi connectivity index (χ4v) is 3.30. The monoisotopic (exact) mass is 337 g/mol. The third-order valence-electron chi connectivity index (χ3n) is 3.30. The highest BCUT2D eigenvalue weighted by atomic mass is 79.9. The van der Waals surface area contributed by atoms with Gasteiger partial charge in [0.15, 0.2) is 0 Å². The van der Waals surface area contributed by atoms with Crippen molar-refractivity contribution in [3.63, 3.8) is 0 Å². The van der Waals surface area contributed by atoms with Crippen LogP contribution >= 0.6 is 27.3 Å². The smallest absolute Gasteiger partial charge is 0.133 e. The molecule has 0 unspecified atom stereocenters. The predicted molar refractivity (Wildman–Crippen MR) is 83.4 cm³/mol. The summed E-state index contributed by atoms with van der Waals surface area (Å²) >= 11 is 5.26. The van der Waals surface area contributed by atoms with Gasteiger partial charge < -0.3 is 10.6 Å². The van der Waals surface area contributed by atoms with Crippen molar-refractivity contribution in [1.29, 1.82) is 0 Å². The second kappa shape index (κ2) is 5.61. The molecule has 0 saturated heterocycles. The molecule has 1 aliphatic rings. The number of nitrogens with zero attached hydrogens (tertiary/aromatic N) is 2. The molecule has 1 fully saturated rings. The number of rotatable bonds is 5. The SMILES string of the molecule is NCc1cc(Br)cnc1N(Cc1cccs1)C1CC1. The second-order valence-electron chi connectivity index (χ2n) is 4.78. The standard InChI is InChI=1S/C14H16BrN3S/c15-11-6-10(7-16)14(17-8-11)18(12-3-4-12)9-13-2-1-5-19-13/h1-2,5-6,8,12H,3-4,7,9,16H2. The maximum absolute atomic E-state index is 5.87. The van der Waals surface area contributed by atoms with E-state index in [2.05, 4.69) is 49.4 Å². The van der Waals surface area contributed by atoms with E-state index in [1.807, 2.05) is 6.20 Å². The highest BCUT2D eigenvalue weighted by Crippen LogP contribution is 2.34. The molecule has 0 aliphatic heterocycles. The molecular weight excluding hydrogens is 322 g/mol. The van der Waals surface area contributed by atoms with Crippen LogP contribution in [0, 0.1) is 0 Å². The van der Waals surface area contributed by atoms with Gasteiger partial charge in [-0.3, -0.25) is 0 Å². The van der Waals surface area contributed by atoms with Crippen LogP contribution in [0.1, 0.15) is 23.3 Å². The molecule has 1 saturated carbocycles. The third kappa shape index (κ3) is 2.99. The fourth-order valence-electron chi connectivity index (χ4n) is 2.22. The van der Waals surface area contributed by atoms with E-state index in [1.165, 1.54) is 17.7 Å². The Balaban J connectivity index is 1.91. The molecule has 0 atom stereocenters. The summed E-state index contributed by atoms with van der Waals surface area (Å²) in [5, 5.41) is 2.12. The van der Waals surface area contributed by atoms with Crippen molar-refractivity contribution in [2.45, 2.75) is 32.0 Å². The molecule has 2 aromatic heterocycles. The number of thiophene rings is 1. The van der Waals surface area contributed by atoms with E-state index in [4.69, 9.17) is 5.73 Å². The Morgan fingerprint density at radius 2 is 2.32 bits per heavy atom. The number of halogens is 1. The lowest BCUT2D eigenvalue weighted by atomic mass is 10.2. The third-order valence-corrected chi connectivity index (χ3v) is 4.59. The highest BCUT2D eigenvalue weighted by Gasteiger charge is 2.31. The zero-order chi connectivity index (χ0) is 13.2. The summed E-state index contributed by atoms with van der Waals surface area (Å²) in [7, 11) is 0. The minimum Gasteiger partial charge on any atom is -0.348 e. The Morgan fingerprint density at radius 3 is 2.95 bits per heavy atom. The summed E-state index contributed by atoms with van der Waals surface area (Å²) in [6, 6.07) is 6.98. The molecule has 5 heteroatoms. The van der Waals surface area contributed by atoms with Gasteiger partial charge in [-0.25, -0.2) is 4.98 Å². The highest BCUT2D eigenvalue weighted by molar-refractivity contribution is 9.10. The summed E-state index contributed by atoms with van der Waals surface area (Å²) in [4.78, 5) is 8.37. The summed E-state index contributed by atoms with van der Waals surface area (Å²) in [5.74, 6) is 1.04. The van der Waals surface area contributed by atoms with Crippen molar-refractivity contribution in [2.24, 2.45) is 5.73 Å². The molecule has 3 rings (SSSR count). The molecule has 100 valence electrons. The largest absolute Gasteiger partial charge is 0.348 e. The van der Waals surface area contributed by atoms with Gasteiger partial charge in [-0.1, -0.05) is 6.07 Å². The molecule has 0 aromatic carbocycles. The van der Waals surface area contributed by atoms with E-state index < -0.39 is 0 Å². The predicted octanol–water partition coefficient (Wildman–Crippen LogP) is 3.53. The first-order valence-electron chi connectivity index (χ1n) is 6.41. The number of anilines is 1. The molecule has 3 nitrogen and oxygen atoms in total. The van der Waals surface area contributed by atoms with Gasteiger partial charge in [0.2, 0.25) is 0 Å². The maximum Gasteiger partial charge on any atom is 0.133 e. The summed E-state index contributed by atoms with van der Waals surface area (Å²) in [5.41, 5.74) is 6.98. The van der Waals surface area contributed by atoms with Gasteiger partial charge in [-0.05, 0) is 46.3 Å². The van der Waals surface area contributed by atoms with Gasteiger partial charge in [0.25, 0.3) is 0 Å². The van der Waals surface area contributed by atoms with Gasteiger partial charge >= 0.3 is 0 Å². The van der Waals surface area contributed by atoms with Crippen molar-refractivity contribution in [1.82, 2.24) is 4.98 Å². The first kappa shape index (κ1) is 13.1. The number of pyridine rings is 1. The van der Waals surface area contributed by atoms with Crippen LogP contribution in [0.3, 0.4) is 0 Å². The van der Waals surface area contributed by atoms with Crippen LogP contribution in [0.15, 0.2) is 34.2 Å². The van der Waals surface area contributed by atoms with Crippen LogP contribution in [-0.4, -0.2) is 11.0 Å². The number of hydrogen-bond donors (Lipinski definition) is 1. The summed E-state index contributed by atoms with van der Waals surface area (Å²) in [6.45, 7) is 1.46. The van der Waals surface area contributed by atoms with Gasteiger partial charge in [-0.15, -0.1) is 11.3 Å². The Hall–Kier alpha value is -0.910. The van der Waals surface area contributed by atoms with E-state index in [-0.39, 0.29) is 0 Å². The summed E-state index contributed by atoms with van der Waals surface area (Å²) < 4.78 is 0.989. The summed E-state index contributed by atoms with van der Waals surface area (Å²) in [6.07, 6.45) is 4.37. The lowest BCUT2D eigenvalue weighted by Gasteiger charge is -2.25. The lowest BCUT2D eigenvalue weighted by Crippen LogP contribution is -2.27. The average molecular weight is 338 g/mol. The van der Waals surface area contributed by atoms with Crippen LogP contribution < -0.4 is 10.6 Å². The second-order valence-corrected chi connectivity index (χ2v) is 6.73. The molecule has 2 aromatic rings. The molecule has 2 heterocycles. The molecule has 19 heavy (non-hydrogen) atoms. The first-order chi connectivity index (χ1) is 9.28. The minimum absolute atomic E-state index is 0.523. The van der Waals surface area contributed by atoms with Gasteiger partial charge in [0.1, 0.15) is 5.82 Å². The Morgan fingerprint density at radius 1 is 1.47 bits per heavy atom. The molecule has 1 aliphatic carbocycles. The van der Waals surface area contributed by atoms with Crippen LogP contribution in [0.2, 0.25) is 0 Å². The fraction of sp³-hybridized carbons (Fsp3) is 0.357. The van der Waals surface area contributed by atoms with Gasteiger partial charge in [0, 0.05) is 33.7 Å². The van der Waals surface area contributed by atoms with Crippen LogP contribution in [0.5, 0.6) is 0 Å². The van der Waals surface area contributed by atoms with Crippen molar-refractivity contribution in [2.75, 3.05) is 4.90 Å².